The summed E-state index contributed by atoms with van der Waals surface area (Å²) in [6.07, 6.45) is 5.38. The van der Waals surface area contributed by atoms with Crippen molar-refractivity contribution in [3.8, 4) is 5.75 Å². The SMILES string of the molecule is COc1ccc(NC(=O)CN(C(C)=O)C2CCCCC2)cc1Cl. The van der Waals surface area contributed by atoms with E-state index < -0.39 is 0 Å². The Kier molecular flexibility index (Phi) is 6.28. The van der Waals surface area contributed by atoms with E-state index in [4.69, 9.17) is 16.3 Å². The number of hydrogen-bond acceptors (Lipinski definition) is 3. The second kappa shape index (κ2) is 8.20. The molecule has 1 aliphatic carbocycles. The van der Waals surface area contributed by atoms with E-state index in [2.05, 4.69) is 5.32 Å². The van der Waals surface area contributed by atoms with Crippen molar-refractivity contribution < 1.29 is 14.3 Å². The van der Waals surface area contributed by atoms with Gasteiger partial charge in [-0.2, -0.15) is 0 Å². The van der Waals surface area contributed by atoms with Crippen LogP contribution in [0.5, 0.6) is 5.75 Å². The number of ether oxygens (including phenoxy) is 1. The molecule has 0 unspecified atom stereocenters. The van der Waals surface area contributed by atoms with E-state index in [9.17, 15) is 9.59 Å². The van der Waals surface area contributed by atoms with Crippen LogP contribution in [0.2, 0.25) is 5.02 Å². The summed E-state index contributed by atoms with van der Waals surface area (Å²) in [5.74, 6) is 0.282. The predicted octanol–water partition coefficient (Wildman–Crippen LogP) is 3.47. The number of amides is 2. The molecule has 0 heterocycles. The minimum atomic E-state index is -0.216. The molecule has 1 saturated carbocycles. The highest BCUT2D eigenvalue weighted by Gasteiger charge is 2.25. The molecule has 126 valence electrons. The van der Waals surface area contributed by atoms with E-state index in [0.29, 0.717) is 16.5 Å². The number of carbonyl (C=O) groups is 2. The molecule has 5 nitrogen and oxygen atoms in total. The molecule has 0 atom stereocenters. The van der Waals surface area contributed by atoms with Gasteiger partial charge in [0.05, 0.1) is 12.1 Å². The highest BCUT2D eigenvalue weighted by molar-refractivity contribution is 6.32. The van der Waals surface area contributed by atoms with Crippen LogP contribution in [0.4, 0.5) is 5.69 Å². The van der Waals surface area contributed by atoms with Gasteiger partial charge in [-0.25, -0.2) is 0 Å². The third kappa shape index (κ3) is 4.86. The molecule has 0 spiro atoms. The fourth-order valence-electron chi connectivity index (χ4n) is 2.99. The van der Waals surface area contributed by atoms with Crippen molar-refractivity contribution in [2.45, 2.75) is 45.1 Å². The zero-order valence-electron chi connectivity index (χ0n) is 13.6. The molecule has 1 aromatic rings. The van der Waals surface area contributed by atoms with Crippen molar-refractivity contribution >= 4 is 29.1 Å². The number of halogens is 1. The first-order chi connectivity index (χ1) is 11.0. The molecule has 23 heavy (non-hydrogen) atoms. The molecule has 1 N–H and O–H groups in total. The maximum Gasteiger partial charge on any atom is 0.244 e. The van der Waals surface area contributed by atoms with Crippen LogP contribution in [0.15, 0.2) is 18.2 Å². The standard InChI is InChI=1S/C17H23ClN2O3/c1-12(21)20(14-6-4-3-5-7-14)11-17(22)19-13-8-9-16(23-2)15(18)10-13/h8-10,14H,3-7,11H2,1-2H3,(H,19,22). The number of carbonyl (C=O) groups excluding carboxylic acids is 2. The molecule has 0 saturated heterocycles. The van der Waals surface area contributed by atoms with E-state index in [1.807, 2.05) is 0 Å². The summed E-state index contributed by atoms with van der Waals surface area (Å²) in [6, 6.07) is 5.23. The number of methoxy groups -OCH3 is 1. The van der Waals surface area contributed by atoms with Gasteiger partial charge in [-0.1, -0.05) is 30.9 Å². The molecule has 0 aliphatic heterocycles. The van der Waals surface area contributed by atoms with E-state index in [1.54, 1.807) is 23.1 Å². The molecular weight excluding hydrogens is 316 g/mol. The molecule has 0 aromatic heterocycles. The van der Waals surface area contributed by atoms with Crippen LogP contribution in [0, 0.1) is 0 Å². The molecule has 1 aromatic carbocycles. The monoisotopic (exact) mass is 338 g/mol. The summed E-state index contributed by atoms with van der Waals surface area (Å²) in [5, 5.41) is 3.22. The zero-order valence-corrected chi connectivity index (χ0v) is 14.4. The number of nitrogens with one attached hydrogen (secondary N) is 1. The summed E-state index contributed by atoms with van der Waals surface area (Å²) < 4.78 is 5.08. The Morgan fingerprint density at radius 3 is 2.57 bits per heavy atom. The van der Waals surface area contributed by atoms with Crippen LogP contribution >= 0.6 is 11.6 Å². The van der Waals surface area contributed by atoms with Crippen LogP contribution in [0.3, 0.4) is 0 Å². The Balaban J connectivity index is 1.98. The number of benzene rings is 1. The lowest BCUT2D eigenvalue weighted by Crippen LogP contribution is -2.44. The molecule has 0 radical (unpaired) electrons. The number of nitrogens with zero attached hydrogens (tertiary/aromatic N) is 1. The van der Waals surface area contributed by atoms with Gasteiger partial charge in [0, 0.05) is 18.7 Å². The van der Waals surface area contributed by atoms with E-state index in [0.717, 1.165) is 25.7 Å². The maximum absolute atomic E-state index is 12.3. The minimum Gasteiger partial charge on any atom is -0.495 e. The molecule has 2 amide bonds. The van der Waals surface area contributed by atoms with Gasteiger partial charge in [0.25, 0.3) is 0 Å². The largest absolute Gasteiger partial charge is 0.495 e. The molecular formula is C17H23ClN2O3. The summed E-state index contributed by atoms with van der Waals surface area (Å²) in [7, 11) is 1.54. The maximum atomic E-state index is 12.3. The zero-order chi connectivity index (χ0) is 16.8. The fourth-order valence-corrected chi connectivity index (χ4v) is 3.25. The first kappa shape index (κ1) is 17.6. The average Bonchev–Trinajstić information content (AvgIpc) is 2.53. The van der Waals surface area contributed by atoms with Gasteiger partial charge < -0.3 is 15.0 Å². The summed E-state index contributed by atoms with van der Waals surface area (Å²) >= 11 is 6.05. The lowest BCUT2D eigenvalue weighted by atomic mass is 9.94. The summed E-state index contributed by atoms with van der Waals surface area (Å²) in [6.45, 7) is 1.59. The summed E-state index contributed by atoms with van der Waals surface area (Å²) in [4.78, 5) is 25.8. The van der Waals surface area contributed by atoms with Crippen LogP contribution in [-0.2, 0) is 9.59 Å². The van der Waals surface area contributed by atoms with Crippen LogP contribution < -0.4 is 10.1 Å². The second-order valence-corrected chi connectivity index (χ2v) is 6.24. The first-order valence-corrected chi connectivity index (χ1v) is 8.29. The van der Waals surface area contributed by atoms with Gasteiger partial charge in [0.1, 0.15) is 12.3 Å². The number of rotatable bonds is 5. The predicted molar refractivity (Wildman–Crippen MR) is 90.9 cm³/mol. The first-order valence-electron chi connectivity index (χ1n) is 7.92. The Hall–Kier alpha value is -1.75. The van der Waals surface area contributed by atoms with Crippen LogP contribution in [-0.4, -0.2) is 36.4 Å². The molecule has 6 heteroatoms. The van der Waals surface area contributed by atoms with Gasteiger partial charge in [0.2, 0.25) is 11.8 Å². The van der Waals surface area contributed by atoms with Gasteiger partial charge in [-0.05, 0) is 31.0 Å². The second-order valence-electron chi connectivity index (χ2n) is 5.84. The fraction of sp³-hybridized carbons (Fsp3) is 0.529. The van der Waals surface area contributed by atoms with Crippen LogP contribution in [0.25, 0.3) is 0 Å². The normalized spacial score (nSPS) is 15.1. The smallest absolute Gasteiger partial charge is 0.244 e. The van der Waals surface area contributed by atoms with E-state index in [-0.39, 0.29) is 24.4 Å². The van der Waals surface area contributed by atoms with Crippen molar-refractivity contribution in [2.24, 2.45) is 0 Å². The third-order valence-electron chi connectivity index (χ3n) is 4.17. The lowest BCUT2D eigenvalue weighted by molar-refractivity contribution is -0.135. The highest BCUT2D eigenvalue weighted by Crippen LogP contribution is 2.27. The topological polar surface area (TPSA) is 58.6 Å². The lowest BCUT2D eigenvalue weighted by Gasteiger charge is -2.33. The number of hydrogen-bond donors (Lipinski definition) is 1. The van der Waals surface area contributed by atoms with Crippen LogP contribution in [0.1, 0.15) is 39.0 Å². The molecule has 0 bridgehead atoms. The highest BCUT2D eigenvalue weighted by atomic mass is 35.5. The molecule has 1 aliphatic rings. The van der Waals surface area contributed by atoms with Gasteiger partial charge >= 0.3 is 0 Å². The van der Waals surface area contributed by atoms with Crippen molar-refractivity contribution in [1.29, 1.82) is 0 Å². The molecule has 1 fully saturated rings. The van der Waals surface area contributed by atoms with Gasteiger partial charge in [-0.3, -0.25) is 9.59 Å². The Morgan fingerprint density at radius 2 is 2.00 bits per heavy atom. The quantitative estimate of drug-likeness (QED) is 0.894. The van der Waals surface area contributed by atoms with Crippen molar-refractivity contribution in [2.75, 3.05) is 19.0 Å². The third-order valence-corrected chi connectivity index (χ3v) is 4.46. The van der Waals surface area contributed by atoms with Gasteiger partial charge in [0.15, 0.2) is 0 Å². The van der Waals surface area contributed by atoms with Gasteiger partial charge in [-0.15, -0.1) is 0 Å². The van der Waals surface area contributed by atoms with E-state index in [1.165, 1.54) is 20.5 Å². The Morgan fingerprint density at radius 1 is 1.30 bits per heavy atom. The summed E-state index contributed by atoms with van der Waals surface area (Å²) in [5.41, 5.74) is 0.591. The number of anilines is 1. The van der Waals surface area contributed by atoms with Crippen molar-refractivity contribution in [1.82, 2.24) is 4.90 Å². The molecule has 2 rings (SSSR count). The van der Waals surface area contributed by atoms with Crippen molar-refractivity contribution in [3.05, 3.63) is 23.2 Å². The van der Waals surface area contributed by atoms with E-state index >= 15 is 0 Å². The Labute approximate surface area is 141 Å². The Bertz CT molecular complexity index is 571. The minimum absolute atomic E-state index is 0.0557. The van der Waals surface area contributed by atoms with Crippen molar-refractivity contribution in [3.63, 3.8) is 0 Å². The average molecular weight is 339 g/mol.